The van der Waals surface area contributed by atoms with Crippen LogP contribution in [0.5, 0.6) is 0 Å². The number of hydrogen-bond donors (Lipinski definition) is 2. The first-order chi connectivity index (χ1) is 9.15. The quantitative estimate of drug-likeness (QED) is 0.821. The van der Waals surface area contributed by atoms with Crippen molar-refractivity contribution in [2.75, 3.05) is 11.9 Å². The predicted octanol–water partition coefficient (Wildman–Crippen LogP) is 1.75. The molecule has 1 aliphatic rings. The lowest BCUT2D eigenvalue weighted by Gasteiger charge is -2.20. The fraction of sp³-hybridized carbons (Fsp3) is 0.417. The van der Waals surface area contributed by atoms with E-state index in [-0.39, 0.29) is 5.91 Å². The van der Waals surface area contributed by atoms with Crippen molar-refractivity contribution in [2.24, 2.45) is 0 Å². The van der Waals surface area contributed by atoms with Gasteiger partial charge in [0.2, 0.25) is 0 Å². The summed E-state index contributed by atoms with van der Waals surface area (Å²) in [5.41, 5.74) is 0. The zero-order valence-electron chi connectivity index (χ0n) is 10.2. The van der Waals surface area contributed by atoms with E-state index < -0.39 is 12.1 Å². The highest BCUT2D eigenvalue weighted by Gasteiger charge is 2.22. The van der Waals surface area contributed by atoms with Crippen molar-refractivity contribution in [3.8, 4) is 0 Å². The molecular weight excluding hydrogens is 268 g/mol. The molecule has 19 heavy (non-hydrogen) atoms. The van der Waals surface area contributed by atoms with Gasteiger partial charge in [-0.25, -0.2) is 9.78 Å². The molecule has 7 heteroatoms. The highest BCUT2D eigenvalue weighted by atomic mass is 32.1. The Hall–Kier alpha value is -1.73. The zero-order valence-corrected chi connectivity index (χ0v) is 11.0. The smallest absolute Gasteiger partial charge is 0.328 e. The molecule has 2 heterocycles. The van der Waals surface area contributed by atoms with Gasteiger partial charge in [0.15, 0.2) is 5.13 Å². The second kappa shape index (κ2) is 6.44. The largest absolute Gasteiger partial charge is 0.478 e. The molecule has 0 spiro atoms. The fourth-order valence-electron chi connectivity index (χ4n) is 1.71. The van der Waals surface area contributed by atoms with E-state index in [1.165, 1.54) is 23.6 Å². The number of aliphatic carboxylic acids is 1. The second-order valence-corrected chi connectivity index (χ2v) is 5.15. The molecular formula is C12H14N2O4S. The Bertz CT molecular complexity index is 492. The number of carboxylic acid groups (broad SMARTS) is 1. The molecule has 0 radical (unpaired) electrons. The van der Waals surface area contributed by atoms with Crippen molar-refractivity contribution >= 4 is 34.4 Å². The molecule has 1 aliphatic heterocycles. The van der Waals surface area contributed by atoms with E-state index in [0.29, 0.717) is 16.6 Å². The molecule has 1 unspecified atom stereocenters. The summed E-state index contributed by atoms with van der Waals surface area (Å²) in [7, 11) is 0. The molecule has 102 valence electrons. The van der Waals surface area contributed by atoms with Crippen LogP contribution in [0.2, 0.25) is 0 Å². The Morgan fingerprint density at radius 3 is 3.05 bits per heavy atom. The summed E-state index contributed by atoms with van der Waals surface area (Å²) in [6, 6.07) is 0. The minimum absolute atomic E-state index is 0.192. The van der Waals surface area contributed by atoms with Gasteiger partial charge >= 0.3 is 5.97 Å². The molecule has 1 aromatic heterocycles. The van der Waals surface area contributed by atoms with Crippen LogP contribution < -0.4 is 5.32 Å². The maximum Gasteiger partial charge on any atom is 0.328 e. The Kier molecular flexibility index (Phi) is 4.64. The summed E-state index contributed by atoms with van der Waals surface area (Å²) in [5, 5.41) is 11.6. The number of ether oxygens (including phenoxy) is 1. The van der Waals surface area contributed by atoms with Crippen LogP contribution in [0, 0.1) is 0 Å². The van der Waals surface area contributed by atoms with E-state index in [0.717, 1.165) is 25.3 Å². The minimum Gasteiger partial charge on any atom is -0.478 e. The first kappa shape index (κ1) is 13.7. The number of carbonyl (C=O) groups is 2. The summed E-state index contributed by atoms with van der Waals surface area (Å²) >= 11 is 1.22. The number of rotatable bonds is 4. The lowest BCUT2D eigenvalue weighted by atomic mass is 10.1. The number of nitrogens with one attached hydrogen (secondary N) is 1. The summed E-state index contributed by atoms with van der Waals surface area (Å²) < 4.78 is 5.37. The average Bonchev–Trinajstić information content (AvgIpc) is 2.85. The summed E-state index contributed by atoms with van der Waals surface area (Å²) in [4.78, 5) is 26.9. The standard InChI is InChI=1S/C12H14N2O4S/c15-10(16)5-4-8-7-13-12(19-8)14-11(17)9-3-1-2-6-18-9/h4-5,7,9H,1-3,6H2,(H,15,16)(H,13,14,17)/b5-4+. The van der Waals surface area contributed by atoms with Gasteiger partial charge in [-0.05, 0) is 25.3 Å². The van der Waals surface area contributed by atoms with E-state index >= 15 is 0 Å². The third-order valence-corrected chi connectivity index (χ3v) is 3.49. The number of aromatic nitrogens is 1. The van der Waals surface area contributed by atoms with Gasteiger partial charge in [-0.3, -0.25) is 10.1 Å². The highest BCUT2D eigenvalue weighted by Crippen LogP contribution is 2.21. The molecule has 1 atom stereocenters. The van der Waals surface area contributed by atoms with E-state index in [9.17, 15) is 9.59 Å². The van der Waals surface area contributed by atoms with Crippen LogP contribution in [0.15, 0.2) is 12.3 Å². The second-order valence-electron chi connectivity index (χ2n) is 4.08. The number of amides is 1. The number of anilines is 1. The molecule has 1 amide bonds. The van der Waals surface area contributed by atoms with E-state index in [2.05, 4.69) is 10.3 Å². The molecule has 0 aliphatic carbocycles. The summed E-state index contributed by atoms with van der Waals surface area (Å²) in [6.45, 7) is 0.614. The van der Waals surface area contributed by atoms with E-state index in [1.54, 1.807) is 0 Å². The Morgan fingerprint density at radius 2 is 2.37 bits per heavy atom. The van der Waals surface area contributed by atoms with Crippen molar-refractivity contribution in [2.45, 2.75) is 25.4 Å². The lowest BCUT2D eigenvalue weighted by molar-refractivity contribution is -0.131. The van der Waals surface area contributed by atoms with E-state index in [4.69, 9.17) is 9.84 Å². The van der Waals surface area contributed by atoms with Gasteiger partial charge in [-0.15, -0.1) is 0 Å². The Morgan fingerprint density at radius 1 is 1.53 bits per heavy atom. The normalized spacial score (nSPS) is 19.5. The molecule has 2 rings (SSSR count). The maximum atomic E-state index is 11.9. The Balaban J connectivity index is 1.92. The monoisotopic (exact) mass is 282 g/mol. The number of thiazole rings is 1. The molecule has 6 nitrogen and oxygen atoms in total. The van der Waals surface area contributed by atoms with Crippen LogP contribution in [0.25, 0.3) is 6.08 Å². The van der Waals surface area contributed by atoms with Gasteiger partial charge in [0.05, 0.1) is 0 Å². The van der Waals surface area contributed by atoms with Gasteiger partial charge in [0, 0.05) is 23.8 Å². The van der Waals surface area contributed by atoms with Crippen molar-refractivity contribution in [3.63, 3.8) is 0 Å². The molecule has 1 saturated heterocycles. The average molecular weight is 282 g/mol. The lowest BCUT2D eigenvalue weighted by Crippen LogP contribution is -2.33. The van der Waals surface area contributed by atoms with Crippen LogP contribution in [-0.2, 0) is 14.3 Å². The van der Waals surface area contributed by atoms with E-state index in [1.807, 2.05) is 0 Å². The van der Waals surface area contributed by atoms with Crippen molar-refractivity contribution < 1.29 is 19.4 Å². The molecule has 1 aromatic rings. The highest BCUT2D eigenvalue weighted by molar-refractivity contribution is 7.16. The molecule has 1 fully saturated rings. The number of hydrogen-bond acceptors (Lipinski definition) is 5. The van der Waals surface area contributed by atoms with Crippen LogP contribution >= 0.6 is 11.3 Å². The maximum absolute atomic E-state index is 11.9. The van der Waals surface area contributed by atoms with Gasteiger partial charge in [-0.1, -0.05) is 11.3 Å². The predicted molar refractivity (Wildman–Crippen MR) is 71.0 cm³/mol. The van der Waals surface area contributed by atoms with Crippen LogP contribution in [-0.4, -0.2) is 34.7 Å². The number of nitrogens with zero attached hydrogens (tertiary/aromatic N) is 1. The molecule has 0 aromatic carbocycles. The third-order valence-electron chi connectivity index (χ3n) is 2.62. The topological polar surface area (TPSA) is 88.5 Å². The fourth-order valence-corrected chi connectivity index (χ4v) is 2.43. The zero-order chi connectivity index (χ0) is 13.7. The van der Waals surface area contributed by atoms with Crippen LogP contribution in [0.4, 0.5) is 5.13 Å². The van der Waals surface area contributed by atoms with Gasteiger partial charge in [-0.2, -0.15) is 0 Å². The number of carboxylic acids is 1. The Labute approximate surface area is 114 Å². The van der Waals surface area contributed by atoms with Crippen molar-refractivity contribution in [3.05, 3.63) is 17.2 Å². The first-order valence-corrected chi connectivity index (χ1v) is 6.76. The molecule has 2 N–H and O–H groups in total. The van der Waals surface area contributed by atoms with Gasteiger partial charge < -0.3 is 9.84 Å². The molecule has 0 saturated carbocycles. The van der Waals surface area contributed by atoms with Crippen molar-refractivity contribution in [1.29, 1.82) is 0 Å². The summed E-state index contributed by atoms with van der Waals surface area (Å²) in [5.74, 6) is -1.21. The van der Waals surface area contributed by atoms with Crippen molar-refractivity contribution in [1.82, 2.24) is 4.98 Å². The SMILES string of the molecule is O=C(O)/C=C/c1cnc(NC(=O)C2CCCCO2)s1. The summed E-state index contributed by atoms with van der Waals surface area (Å²) in [6.07, 6.45) is 6.28. The van der Waals surface area contributed by atoms with Gasteiger partial charge in [0.25, 0.3) is 5.91 Å². The number of carbonyl (C=O) groups excluding carboxylic acids is 1. The molecule has 0 bridgehead atoms. The van der Waals surface area contributed by atoms with Gasteiger partial charge in [0.1, 0.15) is 6.10 Å². The van der Waals surface area contributed by atoms with Crippen LogP contribution in [0.3, 0.4) is 0 Å². The first-order valence-electron chi connectivity index (χ1n) is 5.94. The third kappa shape index (κ3) is 4.15. The minimum atomic E-state index is -1.02. The van der Waals surface area contributed by atoms with Crippen LogP contribution in [0.1, 0.15) is 24.1 Å².